The standard InChI is InChI=1S/C25H26N4O4/c1-15-10-16(2)12-22(11-15)29-17(3)13-20(18(29)4)14-26-28-24(31)23(30)27-21-8-6-19(7-9-21)25(32)33-5/h6-14H,1-5H3,(H,27,30)(H,28,31)/b26-14-. The second-order valence-corrected chi connectivity index (χ2v) is 7.73. The molecule has 2 aromatic carbocycles. The van der Waals surface area contributed by atoms with Gasteiger partial charge in [0, 0.05) is 28.3 Å². The number of carbonyl (C=O) groups excluding carboxylic acids is 3. The van der Waals surface area contributed by atoms with E-state index in [0.29, 0.717) is 11.3 Å². The maximum Gasteiger partial charge on any atom is 0.337 e. The molecule has 0 bridgehead atoms. The molecule has 2 N–H and O–H groups in total. The minimum atomic E-state index is -0.911. The Hall–Kier alpha value is -4.20. The van der Waals surface area contributed by atoms with E-state index in [-0.39, 0.29) is 0 Å². The molecule has 0 radical (unpaired) electrons. The summed E-state index contributed by atoms with van der Waals surface area (Å²) < 4.78 is 6.74. The van der Waals surface area contributed by atoms with Gasteiger partial charge in [0.1, 0.15) is 0 Å². The van der Waals surface area contributed by atoms with Gasteiger partial charge < -0.3 is 14.6 Å². The van der Waals surface area contributed by atoms with Crippen molar-refractivity contribution in [2.75, 3.05) is 12.4 Å². The number of aryl methyl sites for hydroxylation is 3. The molecule has 8 heteroatoms. The van der Waals surface area contributed by atoms with Crippen molar-refractivity contribution in [1.82, 2.24) is 9.99 Å². The summed E-state index contributed by atoms with van der Waals surface area (Å²) in [5, 5.41) is 6.39. The van der Waals surface area contributed by atoms with Crippen molar-refractivity contribution in [1.29, 1.82) is 0 Å². The SMILES string of the molecule is COC(=O)c1ccc(NC(=O)C(=O)N/N=C\c2cc(C)n(-c3cc(C)cc(C)c3)c2C)cc1. The van der Waals surface area contributed by atoms with Crippen LogP contribution in [0.3, 0.4) is 0 Å². The third-order valence-corrected chi connectivity index (χ3v) is 5.07. The maximum absolute atomic E-state index is 12.1. The molecule has 1 aromatic heterocycles. The fraction of sp³-hybridized carbons (Fsp3) is 0.200. The van der Waals surface area contributed by atoms with E-state index in [9.17, 15) is 14.4 Å². The van der Waals surface area contributed by atoms with Gasteiger partial charge in [-0.2, -0.15) is 5.10 Å². The smallest absolute Gasteiger partial charge is 0.337 e. The first-order valence-corrected chi connectivity index (χ1v) is 10.3. The van der Waals surface area contributed by atoms with Gasteiger partial charge in [-0.15, -0.1) is 0 Å². The van der Waals surface area contributed by atoms with Crippen LogP contribution < -0.4 is 10.7 Å². The molecule has 0 saturated carbocycles. The van der Waals surface area contributed by atoms with Crippen LogP contribution in [0.1, 0.15) is 38.4 Å². The number of nitrogens with one attached hydrogen (secondary N) is 2. The van der Waals surface area contributed by atoms with Gasteiger partial charge in [0.2, 0.25) is 0 Å². The number of hydrogen-bond donors (Lipinski definition) is 2. The zero-order chi connectivity index (χ0) is 24.1. The molecule has 1 heterocycles. The lowest BCUT2D eigenvalue weighted by Crippen LogP contribution is -2.32. The molecule has 0 atom stereocenters. The summed E-state index contributed by atoms with van der Waals surface area (Å²) in [6, 6.07) is 14.3. The van der Waals surface area contributed by atoms with Crippen molar-refractivity contribution in [3.8, 4) is 5.69 Å². The van der Waals surface area contributed by atoms with Gasteiger partial charge in [0.25, 0.3) is 0 Å². The van der Waals surface area contributed by atoms with Crippen LogP contribution in [-0.2, 0) is 14.3 Å². The Labute approximate surface area is 192 Å². The summed E-state index contributed by atoms with van der Waals surface area (Å²) >= 11 is 0. The monoisotopic (exact) mass is 446 g/mol. The Morgan fingerprint density at radius 3 is 2.15 bits per heavy atom. The van der Waals surface area contributed by atoms with Crippen LogP contribution in [0, 0.1) is 27.7 Å². The lowest BCUT2D eigenvalue weighted by molar-refractivity contribution is -0.136. The summed E-state index contributed by atoms with van der Waals surface area (Å²) in [6.45, 7) is 8.08. The van der Waals surface area contributed by atoms with Crippen LogP contribution in [0.15, 0.2) is 53.6 Å². The number of hydrogen-bond acceptors (Lipinski definition) is 5. The van der Waals surface area contributed by atoms with Crippen molar-refractivity contribution in [2.45, 2.75) is 27.7 Å². The molecule has 0 saturated heterocycles. The lowest BCUT2D eigenvalue weighted by Gasteiger charge is -2.11. The van der Waals surface area contributed by atoms with E-state index in [1.165, 1.54) is 48.7 Å². The fourth-order valence-corrected chi connectivity index (χ4v) is 3.60. The third kappa shape index (κ3) is 5.54. The van der Waals surface area contributed by atoms with Gasteiger partial charge in [0.05, 0.1) is 18.9 Å². The van der Waals surface area contributed by atoms with Crippen LogP contribution in [0.25, 0.3) is 5.69 Å². The molecule has 170 valence electrons. The van der Waals surface area contributed by atoms with E-state index in [2.05, 4.69) is 57.2 Å². The molecule has 2 amide bonds. The Morgan fingerprint density at radius 1 is 0.909 bits per heavy atom. The average molecular weight is 447 g/mol. The number of carbonyl (C=O) groups is 3. The Kier molecular flexibility index (Phi) is 7.07. The highest BCUT2D eigenvalue weighted by molar-refractivity contribution is 6.39. The van der Waals surface area contributed by atoms with Crippen LogP contribution in [0.5, 0.6) is 0 Å². The molecule has 0 unspecified atom stereocenters. The number of methoxy groups -OCH3 is 1. The number of aromatic nitrogens is 1. The quantitative estimate of drug-likeness (QED) is 0.271. The zero-order valence-corrected chi connectivity index (χ0v) is 19.2. The van der Waals surface area contributed by atoms with Crippen molar-refractivity contribution in [3.05, 3.63) is 82.2 Å². The van der Waals surface area contributed by atoms with Crippen molar-refractivity contribution in [3.63, 3.8) is 0 Å². The fourth-order valence-electron chi connectivity index (χ4n) is 3.60. The number of esters is 1. The van der Waals surface area contributed by atoms with Crippen molar-refractivity contribution in [2.24, 2.45) is 5.10 Å². The molecule has 3 aromatic rings. The first-order chi connectivity index (χ1) is 15.7. The number of anilines is 1. The molecule has 0 aliphatic rings. The Balaban J connectivity index is 1.65. The van der Waals surface area contributed by atoms with E-state index in [1.54, 1.807) is 0 Å². The highest BCUT2D eigenvalue weighted by atomic mass is 16.5. The summed E-state index contributed by atoms with van der Waals surface area (Å²) in [7, 11) is 1.28. The van der Waals surface area contributed by atoms with Crippen LogP contribution in [0.4, 0.5) is 5.69 Å². The summed E-state index contributed by atoms with van der Waals surface area (Å²) in [5.74, 6) is -2.28. The predicted molar refractivity (Wildman–Crippen MR) is 127 cm³/mol. The molecule has 8 nitrogen and oxygen atoms in total. The van der Waals surface area contributed by atoms with E-state index >= 15 is 0 Å². The van der Waals surface area contributed by atoms with Crippen molar-refractivity contribution >= 4 is 29.7 Å². The van der Waals surface area contributed by atoms with Gasteiger partial charge in [-0.25, -0.2) is 10.2 Å². The van der Waals surface area contributed by atoms with Crippen LogP contribution in [-0.4, -0.2) is 35.7 Å². The second kappa shape index (κ2) is 9.95. The molecule has 3 rings (SSSR count). The first kappa shape index (κ1) is 23.5. The van der Waals surface area contributed by atoms with E-state index < -0.39 is 17.8 Å². The van der Waals surface area contributed by atoms with Gasteiger partial charge >= 0.3 is 17.8 Å². The second-order valence-electron chi connectivity index (χ2n) is 7.73. The van der Waals surface area contributed by atoms with Crippen LogP contribution in [0.2, 0.25) is 0 Å². The highest BCUT2D eigenvalue weighted by Gasteiger charge is 2.14. The number of hydrazone groups is 1. The molecular weight excluding hydrogens is 420 g/mol. The number of ether oxygens (including phenoxy) is 1. The topological polar surface area (TPSA) is 102 Å². The van der Waals surface area contributed by atoms with Crippen LogP contribution >= 0.6 is 0 Å². The average Bonchev–Trinajstić information content (AvgIpc) is 3.05. The predicted octanol–water partition coefficient (Wildman–Crippen LogP) is 3.59. The maximum atomic E-state index is 12.1. The Morgan fingerprint density at radius 2 is 1.55 bits per heavy atom. The Bertz CT molecular complexity index is 1220. The van der Waals surface area contributed by atoms with Gasteiger partial charge in [-0.05, 0) is 81.3 Å². The largest absolute Gasteiger partial charge is 0.465 e. The van der Waals surface area contributed by atoms with E-state index in [1.807, 2.05) is 19.9 Å². The first-order valence-electron chi connectivity index (χ1n) is 10.3. The van der Waals surface area contributed by atoms with E-state index in [0.717, 1.165) is 22.6 Å². The molecule has 0 aliphatic heterocycles. The number of amides is 2. The molecule has 0 spiro atoms. The number of nitrogens with zero attached hydrogens (tertiary/aromatic N) is 2. The molecule has 0 fully saturated rings. The summed E-state index contributed by atoms with van der Waals surface area (Å²) in [4.78, 5) is 35.7. The van der Waals surface area contributed by atoms with E-state index in [4.69, 9.17) is 0 Å². The van der Waals surface area contributed by atoms with Gasteiger partial charge in [0.15, 0.2) is 0 Å². The van der Waals surface area contributed by atoms with Gasteiger partial charge in [-0.1, -0.05) is 6.07 Å². The van der Waals surface area contributed by atoms with Gasteiger partial charge in [-0.3, -0.25) is 9.59 Å². The minimum absolute atomic E-state index is 0.336. The summed E-state index contributed by atoms with van der Waals surface area (Å²) in [5.41, 5.74) is 9.16. The number of benzene rings is 2. The third-order valence-electron chi connectivity index (χ3n) is 5.07. The molecule has 33 heavy (non-hydrogen) atoms. The van der Waals surface area contributed by atoms with Crippen molar-refractivity contribution < 1.29 is 19.1 Å². The summed E-state index contributed by atoms with van der Waals surface area (Å²) in [6.07, 6.45) is 1.51. The molecular formula is C25H26N4O4. The highest BCUT2D eigenvalue weighted by Crippen LogP contribution is 2.22. The minimum Gasteiger partial charge on any atom is -0.465 e. The number of rotatable bonds is 5. The zero-order valence-electron chi connectivity index (χ0n) is 19.2. The lowest BCUT2D eigenvalue weighted by atomic mass is 10.1. The normalized spacial score (nSPS) is 10.8. The molecule has 0 aliphatic carbocycles.